The lowest BCUT2D eigenvalue weighted by molar-refractivity contribution is 1.23. The standard InChI is InChI=1S/C30H22N2/c1-21-25-15-8-9-17-27(25)32-28(21)19-24(22-11-4-2-5-12-22)20-29(32)26-16-10-18-31-30(26)23-13-6-3-7-14-23/h2-20H,1H3. The molecule has 0 saturated heterocycles. The first-order chi connectivity index (χ1) is 15.8. The van der Waals surface area contributed by atoms with Crippen LogP contribution in [-0.4, -0.2) is 9.38 Å². The highest BCUT2D eigenvalue weighted by Crippen LogP contribution is 2.38. The molecule has 0 N–H and O–H groups in total. The second kappa shape index (κ2) is 7.51. The zero-order valence-corrected chi connectivity index (χ0v) is 17.9. The Hall–Kier alpha value is -4.17. The van der Waals surface area contributed by atoms with Gasteiger partial charge >= 0.3 is 0 Å². The second-order valence-electron chi connectivity index (χ2n) is 8.12. The number of aromatic nitrogens is 2. The average Bonchev–Trinajstić information content (AvgIpc) is 3.17. The number of nitrogens with zero attached hydrogens (tertiary/aromatic N) is 2. The van der Waals surface area contributed by atoms with Gasteiger partial charge in [0, 0.05) is 22.7 Å². The zero-order valence-electron chi connectivity index (χ0n) is 17.9. The van der Waals surface area contributed by atoms with Crippen LogP contribution in [0.15, 0.2) is 115 Å². The molecule has 2 nitrogen and oxygen atoms in total. The zero-order chi connectivity index (χ0) is 21.5. The lowest BCUT2D eigenvalue weighted by Crippen LogP contribution is -1.97. The first-order valence-corrected chi connectivity index (χ1v) is 10.9. The molecule has 3 heterocycles. The molecule has 6 aromatic rings. The topological polar surface area (TPSA) is 17.3 Å². The molecular weight excluding hydrogens is 388 g/mol. The van der Waals surface area contributed by atoms with Gasteiger partial charge in [-0.15, -0.1) is 0 Å². The minimum Gasteiger partial charge on any atom is -0.309 e. The smallest absolute Gasteiger partial charge is 0.0795 e. The van der Waals surface area contributed by atoms with Crippen LogP contribution >= 0.6 is 0 Å². The quantitative estimate of drug-likeness (QED) is 0.291. The van der Waals surface area contributed by atoms with Crippen molar-refractivity contribution in [1.82, 2.24) is 9.38 Å². The number of rotatable bonds is 3. The molecule has 0 bridgehead atoms. The molecule has 0 aliphatic rings. The van der Waals surface area contributed by atoms with E-state index >= 15 is 0 Å². The summed E-state index contributed by atoms with van der Waals surface area (Å²) in [6.07, 6.45) is 1.88. The van der Waals surface area contributed by atoms with Gasteiger partial charge in [0.05, 0.1) is 22.4 Å². The van der Waals surface area contributed by atoms with Gasteiger partial charge < -0.3 is 4.40 Å². The molecule has 6 rings (SSSR count). The second-order valence-corrected chi connectivity index (χ2v) is 8.12. The first-order valence-electron chi connectivity index (χ1n) is 10.9. The number of hydrogen-bond acceptors (Lipinski definition) is 1. The van der Waals surface area contributed by atoms with Crippen LogP contribution in [-0.2, 0) is 0 Å². The number of para-hydroxylation sites is 1. The molecule has 32 heavy (non-hydrogen) atoms. The average molecular weight is 411 g/mol. The van der Waals surface area contributed by atoms with E-state index in [9.17, 15) is 0 Å². The van der Waals surface area contributed by atoms with E-state index in [0.29, 0.717) is 0 Å². The summed E-state index contributed by atoms with van der Waals surface area (Å²) in [4.78, 5) is 4.81. The van der Waals surface area contributed by atoms with E-state index in [-0.39, 0.29) is 0 Å². The van der Waals surface area contributed by atoms with Crippen molar-refractivity contribution in [3.63, 3.8) is 0 Å². The van der Waals surface area contributed by atoms with Crippen LogP contribution in [0.2, 0.25) is 0 Å². The van der Waals surface area contributed by atoms with Crippen molar-refractivity contribution >= 4 is 16.4 Å². The fourth-order valence-corrected chi connectivity index (χ4v) is 4.69. The van der Waals surface area contributed by atoms with Crippen molar-refractivity contribution < 1.29 is 0 Å². The van der Waals surface area contributed by atoms with Gasteiger partial charge in [-0.3, -0.25) is 4.98 Å². The summed E-state index contributed by atoms with van der Waals surface area (Å²) < 4.78 is 2.39. The lowest BCUT2D eigenvalue weighted by atomic mass is 9.99. The van der Waals surface area contributed by atoms with Gasteiger partial charge in [0.2, 0.25) is 0 Å². The van der Waals surface area contributed by atoms with Crippen molar-refractivity contribution in [3.8, 4) is 33.6 Å². The minimum absolute atomic E-state index is 0.995. The van der Waals surface area contributed by atoms with Gasteiger partial charge in [-0.25, -0.2) is 0 Å². The summed E-state index contributed by atoms with van der Waals surface area (Å²) in [6, 6.07) is 38.5. The Labute approximate surface area is 187 Å². The Morgan fingerprint density at radius 1 is 0.594 bits per heavy atom. The van der Waals surface area contributed by atoms with Crippen LogP contribution in [0.1, 0.15) is 5.56 Å². The third-order valence-corrected chi connectivity index (χ3v) is 6.24. The molecule has 3 aromatic heterocycles. The maximum absolute atomic E-state index is 4.81. The molecule has 0 fully saturated rings. The molecule has 0 saturated carbocycles. The monoisotopic (exact) mass is 410 g/mol. The van der Waals surface area contributed by atoms with Crippen LogP contribution in [0, 0.1) is 6.92 Å². The van der Waals surface area contributed by atoms with E-state index < -0.39 is 0 Å². The summed E-state index contributed by atoms with van der Waals surface area (Å²) in [5.41, 5.74) is 10.6. The highest BCUT2D eigenvalue weighted by molar-refractivity contribution is 5.97. The highest BCUT2D eigenvalue weighted by atomic mass is 14.9. The fourth-order valence-electron chi connectivity index (χ4n) is 4.69. The molecule has 0 spiro atoms. The summed E-state index contributed by atoms with van der Waals surface area (Å²) in [6.45, 7) is 2.22. The van der Waals surface area contributed by atoms with Crippen LogP contribution in [0.25, 0.3) is 50.1 Å². The summed E-state index contributed by atoms with van der Waals surface area (Å²) in [5.74, 6) is 0. The van der Waals surface area contributed by atoms with Crippen LogP contribution in [0.5, 0.6) is 0 Å². The van der Waals surface area contributed by atoms with Crippen LogP contribution < -0.4 is 0 Å². The number of benzene rings is 3. The molecular formula is C30H22N2. The number of pyridine rings is 2. The lowest BCUT2D eigenvalue weighted by Gasteiger charge is -2.15. The Kier molecular flexibility index (Phi) is 4.36. The number of hydrogen-bond donors (Lipinski definition) is 0. The molecule has 0 aliphatic heterocycles. The Morgan fingerprint density at radius 3 is 2.06 bits per heavy atom. The van der Waals surface area contributed by atoms with Crippen molar-refractivity contribution in [2.75, 3.05) is 0 Å². The van der Waals surface area contributed by atoms with Gasteiger partial charge in [0.1, 0.15) is 0 Å². The predicted molar refractivity (Wildman–Crippen MR) is 134 cm³/mol. The van der Waals surface area contributed by atoms with E-state index in [2.05, 4.69) is 108 Å². The summed E-state index contributed by atoms with van der Waals surface area (Å²) in [7, 11) is 0. The van der Waals surface area contributed by atoms with E-state index in [0.717, 1.165) is 22.5 Å². The molecule has 152 valence electrons. The van der Waals surface area contributed by atoms with Gasteiger partial charge in [-0.1, -0.05) is 78.9 Å². The van der Waals surface area contributed by atoms with E-state index in [1.54, 1.807) is 0 Å². The Morgan fingerprint density at radius 2 is 1.28 bits per heavy atom. The predicted octanol–water partition coefficient (Wildman–Crippen LogP) is 7.80. The maximum Gasteiger partial charge on any atom is 0.0795 e. The Balaban J connectivity index is 1.75. The molecule has 2 heteroatoms. The number of aryl methyl sites for hydroxylation is 1. The van der Waals surface area contributed by atoms with E-state index in [1.165, 1.54) is 33.1 Å². The molecule has 0 aliphatic carbocycles. The van der Waals surface area contributed by atoms with Gasteiger partial charge in [-0.2, -0.15) is 0 Å². The number of fused-ring (bicyclic) bond motifs is 3. The normalized spacial score (nSPS) is 11.3. The van der Waals surface area contributed by atoms with E-state index in [1.807, 2.05) is 18.3 Å². The largest absolute Gasteiger partial charge is 0.309 e. The van der Waals surface area contributed by atoms with Crippen molar-refractivity contribution in [1.29, 1.82) is 0 Å². The summed E-state index contributed by atoms with van der Waals surface area (Å²) in [5, 5.41) is 1.28. The van der Waals surface area contributed by atoms with Crippen LogP contribution in [0.4, 0.5) is 0 Å². The van der Waals surface area contributed by atoms with E-state index in [4.69, 9.17) is 4.98 Å². The van der Waals surface area contributed by atoms with Crippen molar-refractivity contribution in [3.05, 3.63) is 121 Å². The Bertz CT molecular complexity index is 1560. The molecule has 0 amide bonds. The first kappa shape index (κ1) is 18.6. The fraction of sp³-hybridized carbons (Fsp3) is 0.0333. The minimum atomic E-state index is 0.995. The van der Waals surface area contributed by atoms with Crippen LogP contribution in [0.3, 0.4) is 0 Å². The van der Waals surface area contributed by atoms with Crippen molar-refractivity contribution in [2.45, 2.75) is 6.92 Å². The highest BCUT2D eigenvalue weighted by Gasteiger charge is 2.17. The third kappa shape index (κ3) is 2.92. The molecule has 3 aromatic carbocycles. The summed E-state index contributed by atoms with van der Waals surface area (Å²) >= 11 is 0. The third-order valence-electron chi connectivity index (χ3n) is 6.24. The van der Waals surface area contributed by atoms with Crippen molar-refractivity contribution in [2.24, 2.45) is 0 Å². The SMILES string of the molecule is Cc1c2ccccc2n2c(-c3cccnc3-c3ccccc3)cc(-c3ccccc3)cc12. The maximum atomic E-state index is 4.81. The molecule has 0 radical (unpaired) electrons. The molecule has 0 atom stereocenters. The molecule has 0 unspecified atom stereocenters. The van der Waals surface area contributed by atoms with Gasteiger partial charge in [0.15, 0.2) is 0 Å². The van der Waals surface area contributed by atoms with Gasteiger partial charge in [0.25, 0.3) is 0 Å². The van der Waals surface area contributed by atoms with Gasteiger partial charge in [-0.05, 0) is 53.9 Å².